The topological polar surface area (TPSA) is 98.2 Å². The fourth-order valence-corrected chi connectivity index (χ4v) is 4.47. The second-order valence-electron chi connectivity index (χ2n) is 8.34. The van der Waals surface area contributed by atoms with Crippen LogP contribution in [0.1, 0.15) is 32.7 Å². The summed E-state index contributed by atoms with van der Waals surface area (Å²) in [6, 6.07) is 21.1. The second kappa shape index (κ2) is 9.68. The minimum absolute atomic E-state index is 0.0000653. The number of rotatable bonds is 6. The normalized spacial score (nSPS) is 11.2. The Morgan fingerprint density at radius 1 is 0.829 bits per heavy atom. The second-order valence-corrected chi connectivity index (χ2v) is 9.97. The number of ether oxygens (including phenoxy) is 1. The highest BCUT2D eigenvalue weighted by Gasteiger charge is 2.24. The van der Waals surface area contributed by atoms with Gasteiger partial charge in [0.25, 0.3) is 15.9 Å². The van der Waals surface area contributed by atoms with Crippen molar-refractivity contribution < 1.29 is 17.9 Å². The van der Waals surface area contributed by atoms with E-state index in [-0.39, 0.29) is 16.5 Å². The van der Waals surface area contributed by atoms with E-state index in [1.165, 1.54) is 12.1 Å². The highest BCUT2D eigenvalue weighted by Crippen LogP contribution is 2.30. The van der Waals surface area contributed by atoms with Crippen LogP contribution >= 0.6 is 0 Å². The van der Waals surface area contributed by atoms with Gasteiger partial charge in [0.15, 0.2) is 5.03 Å². The molecule has 0 radical (unpaired) electrons. The van der Waals surface area contributed by atoms with Gasteiger partial charge < -0.3 is 4.74 Å². The van der Waals surface area contributed by atoms with Gasteiger partial charge in [0.1, 0.15) is 11.3 Å². The highest BCUT2D eigenvalue weighted by atomic mass is 32.2. The van der Waals surface area contributed by atoms with Crippen molar-refractivity contribution >= 4 is 15.9 Å². The van der Waals surface area contributed by atoms with Gasteiger partial charge in [0.2, 0.25) is 5.88 Å². The van der Waals surface area contributed by atoms with E-state index in [1.54, 1.807) is 31.2 Å². The van der Waals surface area contributed by atoms with Crippen molar-refractivity contribution in [3.05, 3.63) is 101 Å². The Kier molecular flexibility index (Phi) is 6.66. The molecule has 7 nitrogen and oxygen atoms in total. The number of hydrogen-bond donors (Lipinski definition) is 1. The van der Waals surface area contributed by atoms with Crippen LogP contribution in [0.25, 0.3) is 11.3 Å². The molecule has 0 fully saturated rings. The monoisotopic (exact) mass is 487 g/mol. The molecule has 2 heterocycles. The van der Waals surface area contributed by atoms with E-state index in [0.29, 0.717) is 17.1 Å². The molecular formula is C27H25N3O4S. The van der Waals surface area contributed by atoms with E-state index >= 15 is 0 Å². The number of pyridine rings is 2. The molecule has 4 aromatic rings. The number of nitrogens with zero attached hydrogens (tertiary/aromatic N) is 2. The molecule has 4 rings (SSSR count). The summed E-state index contributed by atoms with van der Waals surface area (Å²) < 4.78 is 33.7. The first-order valence-corrected chi connectivity index (χ1v) is 12.4. The minimum Gasteiger partial charge on any atom is -0.438 e. The van der Waals surface area contributed by atoms with Gasteiger partial charge in [-0.05, 0) is 63.6 Å². The van der Waals surface area contributed by atoms with Crippen LogP contribution in [0.3, 0.4) is 0 Å². The molecule has 1 N–H and O–H groups in total. The van der Waals surface area contributed by atoms with E-state index in [9.17, 15) is 13.2 Å². The third-order valence-electron chi connectivity index (χ3n) is 5.35. The Bertz CT molecular complexity index is 1510. The van der Waals surface area contributed by atoms with Crippen molar-refractivity contribution in [2.75, 3.05) is 0 Å². The Labute approximate surface area is 204 Å². The van der Waals surface area contributed by atoms with Crippen LogP contribution < -0.4 is 9.46 Å². The number of nitrogens with one attached hydrogen (secondary N) is 1. The lowest BCUT2D eigenvalue weighted by atomic mass is 10.1. The molecule has 0 unspecified atom stereocenters. The van der Waals surface area contributed by atoms with Gasteiger partial charge in [0, 0.05) is 11.3 Å². The smallest absolute Gasteiger partial charge is 0.281 e. The van der Waals surface area contributed by atoms with Crippen LogP contribution in [-0.2, 0) is 10.0 Å². The van der Waals surface area contributed by atoms with Crippen molar-refractivity contribution in [1.82, 2.24) is 14.7 Å². The molecule has 8 heteroatoms. The zero-order valence-electron chi connectivity index (χ0n) is 19.9. The molecule has 0 spiro atoms. The summed E-state index contributed by atoms with van der Waals surface area (Å²) in [7, 11) is -4.19. The molecule has 0 aliphatic heterocycles. The number of sulfonamides is 1. The maximum Gasteiger partial charge on any atom is 0.281 e. The van der Waals surface area contributed by atoms with Crippen molar-refractivity contribution in [2.45, 2.75) is 32.7 Å². The maximum absolute atomic E-state index is 13.1. The fraction of sp³-hybridized carbons (Fsp3) is 0.148. The van der Waals surface area contributed by atoms with Gasteiger partial charge in [-0.25, -0.2) is 14.7 Å². The number of benzene rings is 2. The lowest BCUT2D eigenvalue weighted by Gasteiger charge is -2.14. The van der Waals surface area contributed by atoms with E-state index in [4.69, 9.17) is 4.74 Å². The van der Waals surface area contributed by atoms with E-state index in [1.807, 2.05) is 57.2 Å². The van der Waals surface area contributed by atoms with E-state index < -0.39 is 15.9 Å². The van der Waals surface area contributed by atoms with Crippen LogP contribution in [0.2, 0.25) is 0 Å². The third-order valence-corrected chi connectivity index (χ3v) is 6.59. The molecule has 0 aliphatic carbocycles. The van der Waals surface area contributed by atoms with Gasteiger partial charge >= 0.3 is 0 Å². The molecular weight excluding hydrogens is 462 g/mol. The third kappa shape index (κ3) is 5.55. The van der Waals surface area contributed by atoms with Crippen LogP contribution in [0.5, 0.6) is 11.6 Å². The SMILES string of the molecule is Cc1ccc(-c2ccc(C(=O)NS(=O)(=O)c3cccc(C)n3)c(Oc3ccc(C)cc3C)n2)cc1. The Morgan fingerprint density at radius 2 is 1.54 bits per heavy atom. The molecule has 0 atom stereocenters. The van der Waals surface area contributed by atoms with Crippen molar-refractivity contribution in [1.29, 1.82) is 0 Å². The number of carbonyl (C=O) groups excluding carboxylic acids is 1. The quantitative estimate of drug-likeness (QED) is 0.397. The van der Waals surface area contributed by atoms with Crippen molar-refractivity contribution in [3.63, 3.8) is 0 Å². The van der Waals surface area contributed by atoms with Crippen molar-refractivity contribution in [3.8, 4) is 22.9 Å². The van der Waals surface area contributed by atoms with Gasteiger partial charge in [-0.2, -0.15) is 8.42 Å². The zero-order chi connectivity index (χ0) is 25.2. The molecule has 2 aromatic carbocycles. The number of aryl methyl sites for hydroxylation is 4. The van der Waals surface area contributed by atoms with Crippen LogP contribution in [0.15, 0.2) is 77.8 Å². The Morgan fingerprint density at radius 3 is 2.23 bits per heavy atom. The van der Waals surface area contributed by atoms with Gasteiger partial charge in [-0.1, -0.05) is 53.6 Å². The lowest BCUT2D eigenvalue weighted by molar-refractivity contribution is 0.0978. The summed E-state index contributed by atoms with van der Waals surface area (Å²) in [6.07, 6.45) is 0. The molecule has 0 bridgehead atoms. The average molecular weight is 488 g/mol. The van der Waals surface area contributed by atoms with E-state index in [2.05, 4.69) is 14.7 Å². The lowest BCUT2D eigenvalue weighted by Crippen LogP contribution is -2.31. The summed E-state index contributed by atoms with van der Waals surface area (Å²) >= 11 is 0. The van der Waals surface area contributed by atoms with Gasteiger partial charge in [-0.15, -0.1) is 0 Å². The summed E-state index contributed by atoms with van der Waals surface area (Å²) in [5.74, 6) is -0.350. The predicted molar refractivity (Wildman–Crippen MR) is 134 cm³/mol. The Hall–Kier alpha value is -4.04. The number of carbonyl (C=O) groups is 1. The van der Waals surface area contributed by atoms with Gasteiger partial charge in [0.05, 0.1) is 5.69 Å². The predicted octanol–water partition coefficient (Wildman–Crippen LogP) is 5.29. The minimum atomic E-state index is -4.19. The van der Waals surface area contributed by atoms with Crippen LogP contribution in [0, 0.1) is 27.7 Å². The first-order chi connectivity index (χ1) is 16.6. The molecule has 35 heavy (non-hydrogen) atoms. The summed E-state index contributed by atoms with van der Waals surface area (Å²) in [5.41, 5.74) is 4.95. The zero-order valence-corrected chi connectivity index (χ0v) is 20.7. The average Bonchev–Trinajstić information content (AvgIpc) is 2.81. The Balaban J connectivity index is 1.74. The number of hydrogen-bond acceptors (Lipinski definition) is 6. The summed E-state index contributed by atoms with van der Waals surface area (Å²) in [6.45, 7) is 7.52. The first-order valence-electron chi connectivity index (χ1n) is 11.0. The first kappa shape index (κ1) is 24.1. The summed E-state index contributed by atoms with van der Waals surface area (Å²) in [5, 5.41) is -0.244. The number of amides is 1. The standard InChI is InChI=1S/C27H25N3O4S/c1-17-8-11-21(12-9-17)23-14-13-22(27(29-23)34-24-15-10-18(2)16-19(24)3)26(31)30-35(32,33)25-7-5-6-20(4)28-25/h5-16H,1-4H3,(H,30,31). The highest BCUT2D eigenvalue weighted by molar-refractivity contribution is 7.90. The fourth-order valence-electron chi connectivity index (χ4n) is 3.49. The molecule has 1 amide bonds. The summed E-state index contributed by atoms with van der Waals surface area (Å²) in [4.78, 5) is 21.7. The van der Waals surface area contributed by atoms with Gasteiger partial charge in [-0.3, -0.25) is 4.79 Å². The van der Waals surface area contributed by atoms with E-state index in [0.717, 1.165) is 22.3 Å². The molecule has 0 saturated carbocycles. The largest absolute Gasteiger partial charge is 0.438 e. The van der Waals surface area contributed by atoms with Crippen LogP contribution in [0.4, 0.5) is 0 Å². The molecule has 0 aliphatic rings. The molecule has 2 aromatic heterocycles. The maximum atomic E-state index is 13.1. The van der Waals surface area contributed by atoms with Crippen molar-refractivity contribution in [2.24, 2.45) is 0 Å². The molecule has 178 valence electrons. The van der Waals surface area contributed by atoms with Crippen LogP contribution in [-0.4, -0.2) is 24.3 Å². The number of aromatic nitrogens is 2. The molecule has 0 saturated heterocycles.